The van der Waals surface area contributed by atoms with Gasteiger partial charge in [-0.25, -0.2) is 4.79 Å². The Labute approximate surface area is 171 Å². The number of benzene rings is 1. The fourth-order valence-corrected chi connectivity index (χ4v) is 4.63. The highest BCUT2D eigenvalue weighted by atomic mass is 16.2. The fraction of sp³-hybridized carbons (Fsp3) is 0.478. The molecule has 3 aromatic rings. The SMILES string of the molecule is CCCn1c(=O)n(CC(=O)N2CCCCC[C@H]2c2cccn2C)c2ccccc21. The van der Waals surface area contributed by atoms with Gasteiger partial charge in [0.05, 0.1) is 17.1 Å². The number of aryl methyl sites for hydroxylation is 2. The number of aromatic nitrogens is 3. The van der Waals surface area contributed by atoms with Gasteiger partial charge in [-0.05, 0) is 43.5 Å². The van der Waals surface area contributed by atoms with Crippen molar-refractivity contribution in [2.75, 3.05) is 6.54 Å². The van der Waals surface area contributed by atoms with Crippen LogP contribution in [0.4, 0.5) is 0 Å². The summed E-state index contributed by atoms with van der Waals surface area (Å²) in [6.07, 6.45) is 7.15. The Morgan fingerprint density at radius 3 is 2.48 bits per heavy atom. The largest absolute Gasteiger partial charge is 0.353 e. The van der Waals surface area contributed by atoms with E-state index in [1.807, 2.05) is 48.5 Å². The number of hydrogen-bond acceptors (Lipinski definition) is 2. The third-order valence-corrected chi connectivity index (χ3v) is 6.06. The number of fused-ring (bicyclic) bond motifs is 1. The molecule has 0 radical (unpaired) electrons. The van der Waals surface area contributed by atoms with Crippen molar-refractivity contribution >= 4 is 16.9 Å². The highest BCUT2D eigenvalue weighted by Crippen LogP contribution is 2.30. The topological polar surface area (TPSA) is 52.2 Å². The Morgan fingerprint density at radius 2 is 1.79 bits per heavy atom. The van der Waals surface area contributed by atoms with Gasteiger partial charge in [0.2, 0.25) is 5.91 Å². The number of para-hydroxylation sites is 2. The Kier molecular flexibility index (Phi) is 5.60. The molecule has 3 heterocycles. The van der Waals surface area contributed by atoms with Crippen LogP contribution >= 0.6 is 0 Å². The number of nitrogens with zero attached hydrogens (tertiary/aromatic N) is 4. The lowest BCUT2D eigenvalue weighted by molar-refractivity contribution is -0.134. The summed E-state index contributed by atoms with van der Waals surface area (Å²) in [6, 6.07) is 12.0. The molecule has 1 aromatic carbocycles. The number of amides is 1. The van der Waals surface area contributed by atoms with E-state index in [0.717, 1.165) is 49.7 Å². The molecule has 0 saturated carbocycles. The molecule has 6 nitrogen and oxygen atoms in total. The molecule has 0 aliphatic carbocycles. The maximum atomic E-state index is 13.4. The first-order chi connectivity index (χ1) is 14.1. The molecule has 0 bridgehead atoms. The van der Waals surface area contributed by atoms with Crippen LogP contribution in [0.15, 0.2) is 47.4 Å². The van der Waals surface area contributed by atoms with E-state index in [1.165, 1.54) is 5.69 Å². The van der Waals surface area contributed by atoms with Crippen LogP contribution in [0.2, 0.25) is 0 Å². The molecule has 6 heteroatoms. The van der Waals surface area contributed by atoms with Gasteiger partial charge in [0.25, 0.3) is 0 Å². The van der Waals surface area contributed by atoms with Crippen LogP contribution in [0.1, 0.15) is 50.8 Å². The van der Waals surface area contributed by atoms with Gasteiger partial charge < -0.3 is 9.47 Å². The van der Waals surface area contributed by atoms with Gasteiger partial charge in [0.15, 0.2) is 0 Å². The van der Waals surface area contributed by atoms with Crippen molar-refractivity contribution < 1.29 is 4.79 Å². The van der Waals surface area contributed by atoms with Crippen LogP contribution in [-0.2, 0) is 24.9 Å². The van der Waals surface area contributed by atoms with Crippen molar-refractivity contribution in [2.24, 2.45) is 7.05 Å². The summed E-state index contributed by atoms with van der Waals surface area (Å²) in [5, 5.41) is 0. The standard InChI is InChI=1S/C23H30N4O2/c1-3-14-26-20-11-6-7-12-21(20)27(23(26)29)17-22(28)25-16-8-4-5-10-19(25)18-13-9-15-24(18)2/h6-7,9,11-13,15,19H,3-5,8,10,14,16-17H2,1-2H3/t19-/m0/s1. The van der Waals surface area contributed by atoms with Crippen molar-refractivity contribution in [3.05, 3.63) is 58.8 Å². The van der Waals surface area contributed by atoms with E-state index in [1.54, 1.807) is 9.13 Å². The molecular formula is C23H30N4O2. The molecule has 1 atom stereocenters. The van der Waals surface area contributed by atoms with Crippen LogP contribution in [0.5, 0.6) is 0 Å². The number of likely N-dealkylation sites (tertiary alicyclic amines) is 1. The van der Waals surface area contributed by atoms with E-state index in [9.17, 15) is 9.59 Å². The fourth-order valence-electron chi connectivity index (χ4n) is 4.63. The average molecular weight is 395 g/mol. The molecule has 1 aliphatic heterocycles. The smallest absolute Gasteiger partial charge is 0.329 e. The second-order valence-electron chi connectivity index (χ2n) is 8.01. The van der Waals surface area contributed by atoms with Gasteiger partial charge in [0, 0.05) is 32.0 Å². The molecule has 0 unspecified atom stereocenters. The maximum absolute atomic E-state index is 13.4. The molecule has 1 amide bonds. The summed E-state index contributed by atoms with van der Waals surface area (Å²) in [5.74, 6) is 0.0274. The summed E-state index contributed by atoms with van der Waals surface area (Å²) < 4.78 is 5.55. The van der Waals surface area contributed by atoms with Crippen molar-refractivity contribution in [2.45, 2.75) is 58.2 Å². The number of imidazole rings is 1. The number of hydrogen-bond donors (Lipinski definition) is 0. The monoisotopic (exact) mass is 394 g/mol. The molecular weight excluding hydrogens is 364 g/mol. The van der Waals surface area contributed by atoms with E-state index in [2.05, 4.69) is 17.6 Å². The molecule has 4 rings (SSSR count). The van der Waals surface area contributed by atoms with Crippen LogP contribution in [0.25, 0.3) is 11.0 Å². The predicted octanol–water partition coefficient (Wildman–Crippen LogP) is 3.70. The summed E-state index contributed by atoms with van der Waals surface area (Å²) in [4.78, 5) is 28.5. The molecule has 154 valence electrons. The number of rotatable bonds is 5. The lowest BCUT2D eigenvalue weighted by Gasteiger charge is -2.30. The molecule has 1 saturated heterocycles. The van der Waals surface area contributed by atoms with Crippen molar-refractivity contribution in [1.82, 2.24) is 18.6 Å². The summed E-state index contributed by atoms with van der Waals surface area (Å²) in [7, 11) is 2.03. The average Bonchev–Trinajstić information content (AvgIpc) is 3.14. The lowest BCUT2D eigenvalue weighted by atomic mass is 10.1. The summed E-state index contributed by atoms with van der Waals surface area (Å²) in [6.45, 7) is 3.57. The van der Waals surface area contributed by atoms with E-state index in [-0.39, 0.29) is 24.2 Å². The summed E-state index contributed by atoms with van der Waals surface area (Å²) >= 11 is 0. The second kappa shape index (κ2) is 8.31. The first-order valence-corrected chi connectivity index (χ1v) is 10.7. The van der Waals surface area contributed by atoms with Crippen LogP contribution < -0.4 is 5.69 Å². The third-order valence-electron chi connectivity index (χ3n) is 6.06. The third kappa shape index (κ3) is 3.63. The highest BCUT2D eigenvalue weighted by molar-refractivity contribution is 5.81. The van der Waals surface area contributed by atoms with Crippen molar-refractivity contribution in [3.8, 4) is 0 Å². The normalized spacial score (nSPS) is 17.6. The first kappa shape index (κ1) is 19.6. The van der Waals surface area contributed by atoms with Crippen molar-refractivity contribution in [1.29, 1.82) is 0 Å². The Morgan fingerprint density at radius 1 is 1.03 bits per heavy atom. The van der Waals surface area contributed by atoms with E-state index in [0.29, 0.717) is 6.54 Å². The van der Waals surface area contributed by atoms with E-state index in [4.69, 9.17) is 0 Å². The molecule has 0 spiro atoms. The maximum Gasteiger partial charge on any atom is 0.329 e. The Bertz CT molecular complexity index is 1060. The molecule has 1 fully saturated rings. The molecule has 1 aliphatic rings. The quantitative estimate of drug-likeness (QED) is 0.663. The van der Waals surface area contributed by atoms with Gasteiger partial charge in [-0.1, -0.05) is 31.9 Å². The van der Waals surface area contributed by atoms with Gasteiger partial charge in [0.1, 0.15) is 6.54 Å². The van der Waals surface area contributed by atoms with Gasteiger partial charge in [-0.15, -0.1) is 0 Å². The minimum absolute atomic E-state index is 0.0274. The Balaban J connectivity index is 1.69. The zero-order valence-corrected chi connectivity index (χ0v) is 17.4. The second-order valence-corrected chi connectivity index (χ2v) is 8.01. The van der Waals surface area contributed by atoms with Gasteiger partial charge in [-0.3, -0.25) is 13.9 Å². The van der Waals surface area contributed by atoms with Gasteiger partial charge in [-0.2, -0.15) is 0 Å². The predicted molar refractivity (Wildman–Crippen MR) is 115 cm³/mol. The Hall–Kier alpha value is -2.76. The van der Waals surface area contributed by atoms with Crippen LogP contribution in [0, 0.1) is 0 Å². The van der Waals surface area contributed by atoms with Gasteiger partial charge >= 0.3 is 5.69 Å². The highest BCUT2D eigenvalue weighted by Gasteiger charge is 2.29. The minimum atomic E-state index is -0.0911. The first-order valence-electron chi connectivity index (χ1n) is 10.7. The lowest BCUT2D eigenvalue weighted by Crippen LogP contribution is -2.39. The van der Waals surface area contributed by atoms with Crippen LogP contribution in [0.3, 0.4) is 0 Å². The van der Waals surface area contributed by atoms with E-state index >= 15 is 0 Å². The zero-order valence-electron chi connectivity index (χ0n) is 17.4. The zero-order chi connectivity index (χ0) is 20.4. The number of carbonyl (C=O) groups is 1. The van der Waals surface area contributed by atoms with Crippen LogP contribution in [-0.4, -0.2) is 31.1 Å². The van der Waals surface area contributed by atoms with E-state index < -0.39 is 0 Å². The minimum Gasteiger partial charge on any atom is -0.353 e. The van der Waals surface area contributed by atoms with Crippen molar-refractivity contribution in [3.63, 3.8) is 0 Å². The molecule has 2 aromatic heterocycles. The number of carbonyl (C=O) groups excluding carboxylic acids is 1. The summed E-state index contributed by atoms with van der Waals surface area (Å²) in [5.41, 5.74) is 2.82. The molecule has 0 N–H and O–H groups in total. The molecule has 29 heavy (non-hydrogen) atoms.